The first-order valence-corrected chi connectivity index (χ1v) is 42.8. The first kappa shape index (κ1) is 92.9. The highest BCUT2D eigenvalue weighted by molar-refractivity contribution is 5.76. The van der Waals surface area contributed by atoms with Crippen LogP contribution in [0.5, 0.6) is 0 Å². The molecule has 0 spiro atoms. The van der Waals surface area contributed by atoms with Crippen molar-refractivity contribution >= 4 is 11.9 Å². The second-order valence-electron chi connectivity index (χ2n) is 29.9. The van der Waals surface area contributed by atoms with Gasteiger partial charge in [0.05, 0.1) is 32.0 Å². The summed E-state index contributed by atoms with van der Waals surface area (Å²) in [7, 11) is 0. The van der Waals surface area contributed by atoms with Gasteiger partial charge in [0, 0.05) is 12.8 Å². The molecule has 7 atom stereocenters. The predicted octanol–water partition coefficient (Wildman–Crippen LogP) is 23.6. The van der Waals surface area contributed by atoms with Gasteiger partial charge in [-0.05, 0) is 64.2 Å². The number of unbranched alkanes of at least 4 members (excludes halogenated alkanes) is 59. The summed E-state index contributed by atoms with van der Waals surface area (Å²) in [6.45, 7) is 4.38. The Balaban J connectivity index is 1.87. The van der Waals surface area contributed by atoms with Gasteiger partial charge < -0.3 is 45.1 Å². The predicted molar refractivity (Wildman–Crippen MR) is 412 cm³/mol. The molecule has 11 nitrogen and oxygen atoms in total. The van der Waals surface area contributed by atoms with Gasteiger partial charge in [-0.3, -0.25) is 9.59 Å². The summed E-state index contributed by atoms with van der Waals surface area (Å²) in [5, 5.41) is 54.7. The Morgan fingerprint density at radius 1 is 0.381 bits per heavy atom. The van der Waals surface area contributed by atoms with Crippen LogP contribution < -0.4 is 5.32 Å². The quantitative estimate of drug-likeness (QED) is 0.0195. The fourth-order valence-electron chi connectivity index (χ4n) is 13.8. The van der Waals surface area contributed by atoms with Gasteiger partial charge in [0.1, 0.15) is 24.4 Å². The molecule has 572 valence electrons. The van der Waals surface area contributed by atoms with Crippen molar-refractivity contribution in [3.8, 4) is 0 Å². The van der Waals surface area contributed by atoms with Crippen molar-refractivity contribution in [2.45, 2.75) is 480 Å². The van der Waals surface area contributed by atoms with Crippen molar-refractivity contribution in [2.75, 3.05) is 19.8 Å². The molecule has 11 heteroatoms. The van der Waals surface area contributed by atoms with Crippen LogP contribution in [0.15, 0.2) is 36.5 Å². The molecule has 1 aliphatic rings. The van der Waals surface area contributed by atoms with Crippen LogP contribution >= 0.6 is 0 Å². The zero-order valence-electron chi connectivity index (χ0n) is 64.1. The highest BCUT2D eigenvalue weighted by Gasteiger charge is 2.44. The molecule has 1 saturated heterocycles. The molecule has 1 rings (SSSR count). The second kappa shape index (κ2) is 75.1. The van der Waals surface area contributed by atoms with Crippen LogP contribution in [-0.4, -0.2) is 100 Å². The second-order valence-corrected chi connectivity index (χ2v) is 29.9. The van der Waals surface area contributed by atoms with Crippen molar-refractivity contribution < 1.29 is 49.3 Å². The smallest absolute Gasteiger partial charge is 0.305 e. The number of nitrogens with one attached hydrogen (secondary N) is 1. The fourth-order valence-corrected chi connectivity index (χ4v) is 13.8. The normalized spacial score (nSPS) is 17.4. The van der Waals surface area contributed by atoms with E-state index in [9.17, 15) is 35.1 Å². The lowest BCUT2D eigenvalue weighted by molar-refractivity contribution is -0.302. The van der Waals surface area contributed by atoms with E-state index in [2.05, 4.69) is 43.5 Å². The van der Waals surface area contributed by atoms with Gasteiger partial charge in [0.2, 0.25) is 5.91 Å². The van der Waals surface area contributed by atoms with Crippen molar-refractivity contribution in [1.82, 2.24) is 5.32 Å². The third kappa shape index (κ3) is 63.3. The molecule has 0 radical (unpaired) electrons. The Morgan fingerprint density at radius 2 is 0.691 bits per heavy atom. The lowest BCUT2D eigenvalue weighted by Gasteiger charge is -2.40. The summed E-state index contributed by atoms with van der Waals surface area (Å²) >= 11 is 0. The van der Waals surface area contributed by atoms with E-state index in [-0.39, 0.29) is 18.5 Å². The minimum Gasteiger partial charge on any atom is -0.466 e. The molecular weight excluding hydrogens is 1210 g/mol. The Labute approximate surface area is 600 Å². The number of aliphatic hydroxyl groups excluding tert-OH is 5. The van der Waals surface area contributed by atoms with E-state index in [1.807, 2.05) is 6.08 Å². The number of hydrogen-bond donors (Lipinski definition) is 6. The molecular formula is C86H163NO10. The van der Waals surface area contributed by atoms with Gasteiger partial charge in [-0.2, -0.15) is 0 Å². The zero-order chi connectivity index (χ0) is 70.1. The molecule has 97 heavy (non-hydrogen) atoms. The summed E-state index contributed by atoms with van der Waals surface area (Å²) in [5.74, 6) is -0.167. The number of esters is 1. The highest BCUT2D eigenvalue weighted by atomic mass is 16.7. The van der Waals surface area contributed by atoms with E-state index in [0.717, 1.165) is 64.2 Å². The van der Waals surface area contributed by atoms with Gasteiger partial charge >= 0.3 is 5.97 Å². The number of carbonyl (C=O) groups excluding carboxylic acids is 2. The molecule has 1 fully saturated rings. The Morgan fingerprint density at radius 3 is 1.05 bits per heavy atom. The largest absolute Gasteiger partial charge is 0.466 e. The summed E-state index contributed by atoms with van der Waals surface area (Å²) in [6.07, 6.45) is 89.1. The van der Waals surface area contributed by atoms with Gasteiger partial charge in [-0.1, -0.05) is 397 Å². The van der Waals surface area contributed by atoms with Crippen LogP contribution in [0.25, 0.3) is 0 Å². The van der Waals surface area contributed by atoms with E-state index >= 15 is 0 Å². The van der Waals surface area contributed by atoms with Crippen LogP contribution in [0.3, 0.4) is 0 Å². The maximum Gasteiger partial charge on any atom is 0.305 e. The molecule has 0 saturated carbocycles. The van der Waals surface area contributed by atoms with Crippen LogP contribution in [-0.2, 0) is 23.8 Å². The number of allylic oxidation sites excluding steroid dienone is 5. The summed E-state index contributed by atoms with van der Waals surface area (Å²) < 4.78 is 16.8. The maximum atomic E-state index is 13.1. The number of carbonyl (C=O) groups is 2. The Bertz CT molecular complexity index is 1710. The van der Waals surface area contributed by atoms with Crippen molar-refractivity contribution in [3.63, 3.8) is 0 Å². The molecule has 0 bridgehead atoms. The van der Waals surface area contributed by atoms with E-state index < -0.39 is 49.5 Å². The average molecular weight is 1370 g/mol. The third-order valence-corrected chi connectivity index (χ3v) is 20.5. The Kier molecular flexibility index (Phi) is 71.9. The minimum atomic E-state index is -1.57. The molecule has 0 aliphatic carbocycles. The number of hydrogen-bond acceptors (Lipinski definition) is 10. The maximum absolute atomic E-state index is 13.1. The lowest BCUT2D eigenvalue weighted by Crippen LogP contribution is -2.60. The number of aliphatic hydroxyl groups is 5. The van der Waals surface area contributed by atoms with Gasteiger partial charge in [-0.15, -0.1) is 0 Å². The molecule has 1 heterocycles. The molecule has 0 aromatic rings. The third-order valence-electron chi connectivity index (χ3n) is 20.5. The minimum absolute atomic E-state index is 0.00557. The fraction of sp³-hybridized carbons (Fsp3) is 0.907. The SMILES string of the molecule is CCCCCC/C=C\C/C=C\CCCCCCCC(=O)OCCCCCCCCCCCCCCCCCCCCCCCCCCCCCCCCCCCCCCCCCC(=O)NC(COC1OC(CO)C(O)C(O)C1O)C(O)/C=C/CCCCCCCCCCCCCC. The first-order valence-electron chi connectivity index (χ1n) is 42.8. The topological polar surface area (TPSA) is 175 Å². The number of amides is 1. The zero-order valence-corrected chi connectivity index (χ0v) is 64.1. The van der Waals surface area contributed by atoms with E-state index in [1.54, 1.807) is 6.08 Å². The average Bonchev–Trinajstić information content (AvgIpc) is 0.869. The van der Waals surface area contributed by atoms with E-state index in [0.29, 0.717) is 19.4 Å². The summed E-state index contributed by atoms with van der Waals surface area (Å²) in [6, 6.07) is -0.806. The standard InChI is InChI=1S/C86H163NO10/c1-3-5-7-9-11-13-15-17-19-46-50-54-58-62-66-70-74-82(91)95-75-71-67-63-59-55-51-47-44-42-40-38-36-34-32-30-28-26-24-22-20-21-23-25-27-29-31-33-35-37-39-41-43-45-49-53-57-61-65-69-73-81(90)87-78(77-96-86-85(94)84(93)83(92)80(76-88)97-86)79(89)72-68-64-60-56-52-48-18-16-14-12-10-8-6-4-2/h13,15,19,46,68,72,78-80,83-86,88-89,92-94H,3-12,14,16-18,20-45,47-67,69-71,73-77H2,1-2H3,(H,87,90)/b15-13-,46-19-,72-68+. The van der Waals surface area contributed by atoms with Crippen molar-refractivity contribution in [2.24, 2.45) is 0 Å². The monoisotopic (exact) mass is 1370 g/mol. The molecule has 0 aromatic carbocycles. The van der Waals surface area contributed by atoms with Crippen LogP contribution in [0, 0.1) is 0 Å². The van der Waals surface area contributed by atoms with E-state index in [4.69, 9.17) is 14.2 Å². The summed E-state index contributed by atoms with van der Waals surface area (Å²) in [5.41, 5.74) is 0. The molecule has 1 aliphatic heterocycles. The van der Waals surface area contributed by atoms with Gasteiger partial charge in [0.15, 0.2) is 6.29 Å². The molecule has 1 amide bonds. The van der Waals surface area contributed by atoms with E-state index in [1.165, 1.54) is 347 Å². The first-order chi connectivity index (χ1) is 47.7. The van der Waals surface area contributed by atoms with Gasteiger partial charge in [-0.25, -0.2) is 0 Å². The van der Waals surface area contributed by atoms with Gasteiger partial charge in [0.25, 0.3) is 0 Å². The van der Waals surface area contributed by atoms with Crippen LogP contribution in [0.1, 0.15) is 438 Å². The van der Waals surface area contributed by atoms with Crippen molar-refractivity contribution in [1.29, 1.82) is 0 Å². The summed E-state index contributed by atoms with van der Waals surface area (Å²) in [4.78, 5) is 25.2. The number of rotatable bonds is 77. The highest BCUT2D eigenvalue weighted by Crippen LogP contribution is 2.24. The number of ether oxygens (including phenoxy) is 3. The lowest BCUT2D eigenvalue weighted by atomic mass is 9.99. The molecule has 7 unspecified atom stereocenters. The molecule has 6 N–H and O–H groups in total. The molecule has 0 aromatic heterocycles. The Hall–Kier alpha value is -2.12. The van der Waals surface area contributed by atoms with Crippen molar-refractivity contribution in [3.05, 3.63) is 36.5 Å². The van der Waals surface area contributed by atoms with Crippen LogP contribution in [0.2, 0.25) is 0 Å². The van der Waals surface area contributed by atoms with Crippen LogP contribution in [0.4, 0.5) is 0 Å².